The first-order valence-corrected chi connectivity index (χ1v) is 6.82. The molecule has 2 rings (SSSR count). The third-order valence-electron chi connectivity index (χ3n) is 3.12. The highest BCUT2D eigenvalue weighted by Crippen LogP contribution is 2.12. The van der Waals surface area contributed by atoms with Gasteiger partial charge in [-0.25, -0.2) is 0 Å². The number of nitrogen functional groups attached to an aromatic ring is 1. The maximum atomic E-state index is 12.2. The summed E-state index contributed by atoms with van der Waals surface area (Å²) < 4.78 is 0. The highest BCUT2D eigenvalue weighted by atomic mass is 16.2. The van der Waals surface area contributed by atoms with Gasteiger partial charge in [0, 0.05) is 31.3 Å². The summed E-state index contributed by atoms with van der Waals surface area (Å²) in [5, 5.41) is 0. The van der Waals surface area contributed by atoms with Crippen molar-refractivity contribution >= 4 is 11.6 Å². The standard InChI is InChI=1S/C18H18N2O/c1-20(18(21)16-12-5-6-13-17(16)19)14-8-7-11-15-9-3-2-4-10-15/h2-6,9-10,12-13H,8,14,19H2,1H3. The molecular weight excluding hydrogens is 260 g/mol. The van der Waals surface area contributed by atoms with Crippen molar-refractivity contribution < 1.29 is 4.79 Å². The Balaban J connectivity index is 1.91. The van der Waals surface area contributed by atoms with Crippen LogP contribution in [0.2, 0.25) is 0 Å². The van der Waals surface area contributed by atoms with Crippen LogP contribution < -0.4 is 5.73 Å². The number of rotatable bonds is 3. The fraction of sp³-hybridized carbons (Fsp3) is 0.167. The van der Waals surface area contributed by atoms with Crippen LogP contribution in [0.4, 0.5) is 5.69 Å². The van der Waals surface area contributed by atoms with E-state index in [2.05, 4.69) is 11.8 Å². The van der Waals surface area contributed by atoms with Crippen molar-refractivity contribution in [3.8, 4) is 11.8 Å². The zero-order chi connectivity index (χ0) is 15.1. The molecule has 0 atom stereocenters. The van der Waals surface area contributed by atoms with Crippen molar-refractivity contribution in [3.05, 3.63) is 65.7 Å². The molecule has 0 aliphatic heterocycles. The molecule has 0 fully saturated rings. The molecule has 0 radical (unpaired) electrons. The van der Waals surface area contributed by atoms with Crippen LogP contribution in [-0.4, -0.2) is 24.4 Å². The van der Waals surface area contributed by atoms with Gasteiger partial charge < -0.3 is 10.6 Å². The van der Waals surface area contributed by atoms with E-state index in [9.17, 15) is 4.79 Å². The Morgan fingerprint density at radius 3 is 2.48 bits per heavy atom. The molecule has 106 valence electrons. The second kappa shape index (κ2) is 7.16. The number of hydrogen-bond acceptors (Lipinski definition) is 2. The number of anilines is 1. The molecule has 0 bridgehead atoms. The molecular formula is C18H18N2O. The number of carbonyl (C=O) groups excluding carboxylic acids is 1. The van der Waals surface area contributed by atoms with Crippen molar-refractivity contribution in [2.45, 2.75) is 6.42 Å². The Bertz CT molecular complexity index is 668. The molecule has 0 saturated heterocycles. The van der Waals surface area contributed by atoms with Crippen molar-refractivity contribution in [3.63, 3.8) is 0 Å². The van der Waals surface area contributed by atoms with E-state index < -0.39 is 0 Å². The second-order valence-corrected chi connectivity index (χ2v) is 4.73. The Hall–Kier alpha value is -2.73. The van der Waals surface area contributed by atoms with Crippen LogP contribution in [0.3, 0.4) is 0 Å². The minimum atomic E-state index is -0.0744. The largest absolute Gasteiger partial charge is 0.398 e. The topological polar surface area (TPSA) is 46.3 Å². The first-order valence-electron chi connectivity index (χ1n) is 6.82. The lowest BCUT2D eigenvalue weighted by Crippen LogP contribution is -2.28. The van der Waals surface area contributed by atoms with Gasteiger partial charge in [0.25, 0.3) is 5.91 Å². The molecule has 0 aliphatic carbocycles. The number of hydrogen-bond donors (Lipinski definition) is 1. The molecule has 3 nitrogen and oxygen atoms in total. The number of nitrogens with zero attached hydrogens (tertiary/aromatic N) is 1. The minimum Gasteiger partial charge on any atom is -0.398 e. The van der Waals surface area contributed by atoms with E-state index in [-0.39, 0.29) is 5.91 Å². The van der Waals surface area contributed by atoms with Crippen molar-refractivity contribution in [2.75, 3.05) is 19.3 Å². The van der Waals surface area contributed by atoms with Crippen LogP contribution in [-0.2, 0) is 0 Å². The fourth-order valence-electron chi connectivity index (χ4n) is 1.91. The second-order valence-electron chi connectivity index (χ2n) is 4.73. The maximum Gasteiger partial charge on any atom is 0.255 e. The van der Waals surface area contributed by atoms with Gasteiger partial charge in [-0.1, -0.05) is 42.2 Å². The van der Waals surface area contributed by atoms with Crippen LogP contribution in [0.1, 0.15) is 22.3 Å². The van der Waals surface area contributed by atoms with Crippen LogP contribution >= 0.6 is 0 Å². The highest BCUT2D eigenvalue weighted by Gasteiger charge is 2.12. The third kappa shape index (κ3) is 4.12. The lowest BCUT2D eigenvalue weighted by Gasteiger charge is -2.16. The predicted octanol–water partition coefficient (Wildman–Crippen LogP) is 2.78. The minimum absolute atomic E-state index is 0.0744. The van der Waals surface area contributed by atoms with E-state index in [1.54, 1.807) is 24.1 Å². The molecule has 2 aromatic carbocycles. The van der Waals surface area contributed by atoms with Gasteiger partial charge in [0.05, 0.1) is 5.56 Å². The van der Waals surface area contributed by atoms with Crippen LogP contribution in [0, 0.1) is 11.8 Å². The number of benzene rings is 2. The van der Waals surface area contributed by atoms with Gasteiger partial charge in [-0.3, -0.25) is 4.79 Å². The van der Waals surface area contributed by atoms with E-state index >= 15 is 0 Å². The van der Waals surface area contributed by atoms with Crippen molar-refractivity contribution in [1.29, 1.82) is 0 Å². The Morgan fingerprint density at radius 1 is 1.10 bits per heavy atom. The summed E-state index contributed by atoms with van der Waals surface area (Å²) in [4.78, 5) is 13.9. The summed E-state index contributed by atoms with van der Waals surface area (Å²) in [5.74, 6) is 6.08. The lowest BCUT2D eigenvalue weighted by molar-refractivity contribution is 0.0799. The first kappa shape index (κ1) is 14.7. The van der Waals surface area contributed by atoms with Gasteiger partial charge in [-0.05, 0) is 24.3 Å². The van der Waals surface area contributed by atoms with E-state index in [1.165, 1.54) is 0 Å². The number of nitrogens with two attached hydrogens (primary N) is 1. The maximum absolute atomic E-state index is 12.2. The van der Waals surface area contributed by atoms with Crippen molar-refractivity contribution in [2.24, 2.45) is 0 Å². The average Bonchev–Trinajstić information content (AvgIpc) is 2.52. The quantitative estimate of drug-likeness (QED) is 0.693. The number of amides is 1. The molecule has 21 heavy (non-hydrogen) atoms. The molecule has 2 N–H and O–H groups in total. The molecule has 0 unspecified atom stereocenters. The van der Waals surface area contributed by atoms with Crippen LogP contribution in [0.15, 0.2) is 54.6 Å². The molecule has 3 heteroatoms. The molecule has 2 aromatic rings. The summed E-state index contributed by atoms with van der Waals surface area (Å²) in [7, 11) is 1.76. The third-order valence-corrected chi connectivity index (χ3v) is 3.12. The summed E-state index contributed by atoms with van der Waals surface area (Å²) >= 11 is 0. The average molecular weight is 278 g/mol. The van der Waals surface area contributed by atoms with Gasteiger partial charge >= 0.3 is 0 Å². The zero-order valence-electron chi connectivity index (χ0n) is 12.0. The van der Waals surface area contributed by atoms with Crippen LogP contribution in [0.5, 0.6) is 0 Å². The first-order chi connectivity index (χ1) is 10.2. The smallest absolute Gasteiger partial charge is 0.255 e. The molecule has 0 aromatic heterocycles. The number of para-hydroxylation sites is 1. The lowest BCUT2D eigenvalue weighted by atomic mass is 10.1. The molecule has 0 spiro atoms. The van der Waals surface area contributed by atoms with Crippen molar-refractivity contribution in [1.82, 2.24) is 4.90 Å². The van der Waals surface area contributed by atoms with E-state index in [0.29, 0.717) is 24.2 Å². The van der Waals surface area contributed by atoms with Gasteiger partial charge in [-0.2, -0.15) is 0 Å². The summed E-state index contributed by atoms with van der Waals surface area (Å²) in [6.07, 6.45) is 0.629. The highest BCUT2D eigenvalue weighted by molar-refractivity contribution is 5.98. The molecule has 0 saturated carbocycles. The predicted molar refractivity (Wildman–Crippen MR) is 85.8 cm³/mol. The molecule has 0 aliphatic rings. The summed E-state index contributed by atoms with van der Waals surface area (Å²) in [5.41, 5.74) is 7.84. The monoisotopic (exact) mass is 278 g/mol. The normalized spacial score (nSPS) is 9.57. The van der Waals surface area contributed by atoms with Gasteiger partial charge in [0.15, 0.2) is 0 Å². The number of carbonyl (C=O) groups is 1. The van der Waals surface area contributed by atoms with E-state index in [1.807, 2.05) is 42.5 Å². The Labute approximate surface area is 125 Å². The zero-order valence-corrected chi connectivity index (χ0v) is 12.0. The Morgan fingerprint density at radius 2 is 1.76 bits per heavy atom. The summed E-state index contributed by atoms with van der Waals surface area (Å²) in [6, 6.07) is 16.9. The fourth-order valence-corrected chi connectivity index (χ4v) is 1.91. The van der Waals surface area contributed by atoms with Gasteiger partial charge in [0.1, 0.15) is 0 Å². The van der Waals surface area contributed by atoms with Gasteiger partial charge in [0.2, 0.25) is 0 Å². The van der Waals surface area contributed by atoms with E-state index in [0.717, 1.165) is 5.56 Å². The SMILES string of the molecule is CN(CCC#Cc1ccccc1)C(=O)c1ccccc1N. The molecule has 1 amide bonds. The van der Waals surface area contributed by atoms with Crippen LogP contribution in [0.25, 0.3) is 0 Å². The summed E-state index contributed by atoms with van der Waals surface area (Å²) in [6.45, 7) is 0.576. The van der Waals surface area contributed by atoms with Gasteiger partial charge in [-0.15, -0.1) is 0 Å². The van der Waals surface area contributed by atoms with E-state index in [4.69, 9.17) is 5.73 Å². The molecule has 0 heterocycles. The Kier molecular flexibility index (Phi) is 5.00.